The van der Waals surface area contributed by atoms with Crippen LogP contribution in [0, 0.1) is 0 Å². The lowest BCUT2D eigenvalue weighted by atomic mass is 10.1. The lowest BCUT2D eigenvalue weighted by molar-refractivity contribution is -0.121. The van der Waals surface area contributed by atoms with Gasteiger partial charge in [0.15, 0.2) is 0 Å². The molecule has 3 rings (SSSR count). The van der Waals surface area contributed by atoms with E-state index in [0.717, 1.165) is 0 Å². The van der Waals surface area contributed by atoms with Gasteiger partial charge in [0.2, 0.25) is 11.8 Å². The van der Waals surface area contributed by atoms with E-state index in [4.69, 9.17) is 11.6 Å². The van der Waals surface area contributed by atoms with Crippen LogP contribution in [0.25, 0.3) is 0 Å². The molecule has 7 nitrogen and oxygen atoms in total. The molecule has 1 saturated heterocycles. The predicted octanol–water partition coefficient (Wildman–Crippen LogP) is 3.08. The van der Waals surface area contributed by atoms with Crippen LogP contribution in [0.15, 0.2) is 48.5 Å². The van der Waals surface area contributed by atoms with Crippen molar-refractivity contribution >= 4 is 40.7 Å². The number of amides is 3. The van der Waals surface area contributed by atoms with Gasteiger partial charge in [-0.3, -0.25) is 19.3 Å². The first-order valence-corrected chi connectivity index (χ1v) is 10.2. The fraction of sp³-hybridized carbons (Fsp3) is 0.318. The highest BCUT2D eigenvalue weighted by Gasteiger charge is 2.28. The maximum atomic E-state index is 12.7. The molecule has 1 atom stereocenters. The second kappa shape index (κ2) is 9.73. The van der Waals surface area contributed by atoms with Crippen LogP contribution in [-0.4, -0.2) is 59.7 Å². The SMILES string of the molecule is CC(=O)Nc1ccc(NC(=O)C(C)N2CCN(C(=O)c3ccccc3Cl)CC2)cc1. The van der Waals surface area contributed by atoms with Crippen LogP contribution in [0.1, 0.15) is 24.2 Å². The summed E-state index contributed by atoms with van der Waals surface area (Å²) in [6.45, 7) is 5.57. The molecule has 1 heterocycles. The van der Waals surface area contributed by atoms with Crippen LogP contribution in [-0.2, 0) is 9.59 Å². The van der Waals surface area contributed by atoms with Gasteiger partial charge in [0.05, 0.1) is 16.6 Å². The summed E-state index contributed by atoms with van der Waals surface area (Å²) in [4.78, 5) is 40.2. The highest BCUT2D eigenvalue weighted by atomic mass is 35.5. The molecule has 0 aromatic heterocycles. The van der Waals surface area contributed by atoms with Crippen molar-refractivity contribution < 1.29 is 14.4 Å². The van der Waals surface area contributed by atoms with Crippen molar-refractivity contribution in [3.63, 3.8) is 0 Å². The summed E-state index contributed by atoms with van der Waals surface area (Å²) in [6.07, 6.45) is 0. The highest BCUT2D eigenvalue weighted by molar-refractivity contribution is 6.33. The molecule has 3 amide bonds. The number of hydrogen-bond acceptors (Lipinski definition) is 4. The van der Waals surface area contributed by atoms with Gasteiger partial charge < -0.3 is 15.5 Å². The van der Waals surface area contributed by atoms with Gasteiger partial charge in [-0.2, -0.15) is 0 Å². The third kappa shape index (κ3) is 5.37. The quantitative estimate of drug-likeness (QED) is 0.766. The Balaban J connectivity index is 1.52. The maximum absolute atomic E-state index is 12.7. The number of halogens is 1. The van der Waals surface area contributed by atoms with Crippen LogP contribution in [0.4, 0.5) is 11.4 Å². The number of benzene rings is 2. The Kier molecular flexibility index (Phi) is 7.07. The van der Waals surface area contributed by atoms with Crippen molar-refractivity contribution in [2.24, 2.45) is 0 Å². The summed E-state index contributed by atoms with van der Waals surface area (Å²) >= 11 is 6.14. The van der Waals surface area contributed by atoms with Crippen molar-refractivity contribution in [1.29, 1.82) is 0 Å². The zero-order chi connectivity index (χ0) is 21.7. The Hall–Kier alpha value is -2.90. The first-order valence-electron chi connectivity index (χ1n) is 9.81. The Morgan fingerprint density at radius 2 is 1.47 bits per heavy atom. The molecular weight excluding hydrogens is 404 g/mol. The maximum Gasteiger partial charge on any atom is 0.255 e. The van der Waals surface area contributed by atoms with E-state index in [2.05, 4.69) is 15.5 Å². The number of nitrogens with zero attached hydrogens (tertiary/aromatic N) is 2. The number of carbonyl (C=O) groups excluding carboxylic acids is 3. The van der Waals surface area contributed by atoms with Crippen molar-refractivity contribution in [2.45, 2.75) is 19.9 Å². The van der Waals surface area contributed by atoms with Gasteiger partial charge >= 0.3 is 0 Å². The van der Waals surface area contributed by atoms with Gasteiger partial charge in [0.25, 0.3) is 5.91 Å². The molecule has 2 aromatic carbocycles. The summed E-state index contributed by atoms with van der Waals surface area (Å²) in [6, 6.07) is 13.7. The summed E-state index contributed by atoms with van der Waals surface area (Å²) in [5.74, 6) is -0.350. The van der Waals surface area contributed by atoms with Crippen molar-refractivity contribution in [2.75, 3.05) is 36.8 Å². The minimum Gasteiger partial charge on any atom is -0.336 e. The Morgan fingerprint density at radius 3 is 2.03 bits per heavy atom. The summed E-state index contributed by atoms with van der Waals surface area (Å²) < 4.78 is 0. The largest absolute Gasteiger partial charge is 0.336 e. The number of piperazine rings is 1. The molecule has 0 radical (unpaired) electrons. The van der Waals surface area contributed by atoms with Crippen LogP contribution in [0.2, 0.25) is 5.02 Å². The number of rotatable bonds is 5. The lowest BCUT2D eigenvalue weighted by Crippen LogP contribution is -2.54. The zero-order valence-electron chi connectivity index (χ0n) is 17.0. The predicted molar refractivity (Wildman–Crippen MR) is 118 cm³/mol. The van der Waals surface area contributed by atoms with E-state index in [0.29, 0.717) is 48.1 Å². The van der Waals surface area contributed by atoms with Gasteiger partial charge in [0.1, 0.15) is 0 Å². The average Bonchev–Trinajstić information content (AvgIpc) is 2.74. The topological polar surface area (TPSA) is 81.8 Å². The highest BCUT2D eigenvalue weighted by Crippen LogP contribution is 2.19. The molecular formula is C22H25ClN4O3. The van der Waals surface area contributed by atoms with Crippen molar-refractivity contribution in [3.05, 3.63) is 59.1 Å². The number of nitrogens with one attached hydrogen (secondary N) is 2. The zero-order valence-corrected chi connectivity index (χ0v) is 17.8. The van der Waals surface area contributed by atoms with E-state index < -0.39 is 0 Å². The first-order chi connectivity index (χ1) is 14.3. The van der Waals surface area contributed by atoms with E-state index in [9.17, 15) is 14.4 Å². The monoisotopic (exact) mass is 428 g/mol. The van der Waals surface area contributed by atoms with Crippen molar-refractivity contribution in [1.82, 2.24) is 9.80 Å². The molecule has 0 bridgehead atoms. The molecule has 2 aromatic rings. The number of anilines is 2. The fourth-order valence-corrected chi connectivity index (χ4v) is 3.59. The Morgan fingerprint density at radius 1 is 0.900 bits per heavy atom. The molecule has 1 aliphatic rings. The number of carbonyl (C=O) groups is 3. The third-order valence-electron chi connectivity index (χ3n) is 5.11. The fourth-order valence-electron chi connectivity index (χ4n) is 3.37. The normalized spacial score (nSPS) is 15.4. The summed E-state index contributed by atoms with van der Waals surface area (Å²) in [5.41, 5.74) is 1.84. The molecule has 158 valence electrons. The van der Waals surface area contributed by atoms with Gasteiger partial charge in [-0.25, -0.2) is 0 Å². The molecule has 0 saturated carbocycles. The molecule has 1 unspecified atom stereocenters. The molecule has 2 N–H and O–H groups in total. The summed E-state index contributed by atoms with van der Waals surface area (Å²) in [5, 5.41) is 6.03. The summed E-state index contributed by atoms with van der Waals surface area (Å²) in [7, 11) is 0. The van der Waals surface area contributed by atoms with E-state index >= 15 is 0 Å². The lowest BCUT2D eigenvalue weighted by Gasteiger charge is -2.37. The smallest absolute Gasteiger partial charge is 0.255 e. The van der Waals surface area contributed by atoms with Gasteiger partial charge in [-0.1, -0.05) is 23.7 Å². The van der Waals surface area contributed by atoms with E-state index in [1.807, 2.05) is 6.92 Å². The third-order valence-corrected chi connectivity index (χ3v) is 5.44. The molecule has 1 fully saturated rings. The molecule has 30 heavy (non-hydrogen) atoms. The Bertz CT molecular complexity index is 924. The standard InChI is InChI=1S/C22H25ClN4O3/c1-15(21(29)25-18-9-7-17(8-10-18)24-16(2)28)26-11-13-27(14-12-26)22(30)19-5-3-4-6-20(19)23/h3-10,15H,11-14H2,1-2H3,(H,24,28)(H,25,29). The second-order valence-corrected chi connectivity index (χ2v) is 7.64. The van der Waals surface area contributed by atoms with Gasteiger partial charge in [-0.15, -0.1) is 0 Å². The minimum atomic E-state index is -0.336. The second-order valence-electron chi connectivity index (χ2n) is 7.23. The van der Waals surface area contributed by atoms with Crippen LogP contribution in [0.3, 0.4) is 0 Å². The molecule has 1 aliphatic heterocycles. The van der Waals surface area contributed by atoms with Crippen LogP contribution < -0.4 is 10.6 Å². The van der Waals surface area contributed by atoms with E-state index in [1.165, 1.54) is 6.92 Å². The number of hydrogen-bond donors (Lipinski definition) is 2. The van der Waals surface area contributed by atoms with Gasteiger partial charge in [-0.05, 0) is 43.3 Å². The van der Waals surface area contributed by atoms with Gasteiger partial charge in [0, 0.05) is 44.5 Å². The Labute approximate surface area is 181 Å². The van der Waals surface area contributed by atoms with E-state index in [-0.39, 0.29) is 23.8 Å². The molecule has 8 heteroatoms. The van der Waals surface area contributed by atoms with Crippen LogP contribution in [0.5, 0.6) is 0 Å². The first kappa shape index (κ1) is 21.8. The van der Waals surface area contributed by atoms with E-state index in [1.54, 1.807) is 53.4 Å². The minimum absolute atomic E-state index is 0.0865. The molecule has 0 aliphatic carbocycles. The average molecular weight is 429 g/mol. The van der Waals surface area contributed by atoms with Crippen LogP contribution >= 0.6 is 11.6 Å². The van der Waals surface area contributed by atoms with Crippen molar-refractivity contribution in [3.8, 4) is 0 Å². The molecule has 0 spiro atoms.